The molecule has 0 aromatic carbocycles. The van der Waals surface area contributed by atoms with Crippen LogP contribution in [-0.4, -0.2) is 40.3 Å². The number of pyridine rings is 2. The van der Waals surface area contributed by atoms with Crippen molar-refractivity contribution < 1.29 is 9.13 Å². The number of anilines is 1. The number of fused-ring (bicyclic) bond motifs is 3. The number of H-pyrrole nitrogens is 1. The minimum atomic E-state index is -1.02. The van der Waals surface area contributed by atoms with Gasteiger partial charge in [-0.2, -0.15) is 0 Å². The van der Waals surface area contributed by atoms with Gasteiger partial charge in [-0.25, -0.2) is 14.4 Å². The molecule has 7 heteroatoms. The molecule has 4 rings (SSSR count). The van der Waals surface area contributed by atoms with Gasteiger partial charge in [0.1, 0.15) is 29.5 Å². The molecule has 0 radical (unpaired) electrons. The monoisotopic (exact) mass is 301 g/mol. The van der Waals surface area contributed by atoms with Crippen molar-refractivity contribution in [3.05, 3.63) is 24.5 Å². The highest BCUT2D eigenvalue weighted by atomic mass is 19.1. The van der Waals surface area contributed by atoms with Crippen molar-refractivity contribution in [2.45, 2.75) is 18.7 Å². The highest BCUT2D eigenvalue weighted by Gasteiger charge is 2.27. The zero-order chi connectivity index (χ0) is 15.1. The Kier molecular flexibility index (Phi) is 3.07. The van der Waals surface area contributed by atoms with Gasteiger partial charge < -0.3 is 20.8 Å². The molecule has 3 aromatic rings. The zero-order valence-corrected chi connectivity index (χ0v) is 11.8. The zero-order valence-electron chi connectivity index (χ0n) is 11.8. The number of hydrogen-bond donors (Lipinski definition) is 3. The molecule has 1 fully saturated rings. The third-order valence-corrected chi connectivity index (χ3v) is 3.99. The number of nitrogens with two attached hydrogens (primary N) is 1. The van der Waals surface area contributed by atoms with Crippen LogP contribution < -0.4 is 15.8 Å². The molecule has 0 saturated carbocycles. The van der Waals surface area contributed by atoms with E-state index in [1.165, 1.54) is 0 Å². The summed E-state index contributed by atoms with van der Waals surface area (Å²) in [4.78, 5) is 11.6. The van der Waals surface area contributed by atoms with Crippen LogP contribution >= 0.6 is 0 Å². The maximum absolute atomic E-state index is 14.0. The molecule has 0 bridgehead atoms. The van der Waals surface area contributed by atoms with E-state index in [1.54, 1.807) is 24.5 Å². The molecule has 0 spiro atoms. The van der Waals surface area contributed by atoms with Crippen molar-refractivity contribution in [2.24, 2.45) is 0 Å². The number of alkyl halides is 1. The number of aromatic amines is 1. The number of nitrogens with one attached hydrogen (secondary N) is 2. The Labute approximate surface area is 125 Å². The van der Waals surface area contributed by atoms with Crippen LogP contribution in [0.1, 0.15) is 6.42 Å². The molecule has 0 aliphatic carbocycles. The molecule has 3 aromatic heterocycles. The van der Waals surface area contributed by atoms with Gasteiger partial charge in [0.15, 0.2) is 0 Å². The van der Waals surface area contributed by atoms with Crippen LogP contribution in [0.3, 0.4) is 0 Å². The number of piperidine rings is 1. The Bertz CT molecular complexity index is 833. The van der Waals surface area contributed by atoms with Crippen LogP contribution in [0.25, 0.3) is 21.9 Å². The Balaban J connectivity index is 1.82. The first-order valence-electron chi connectivity index (χ1n) is 7.26. The molecule has 6 nitrogen and oxygen atoms in total. The topological polar surface area (TPSA) is 88.9 Å². The molecular weight excluding hydrogens is 285 g/mol. The Hall–Kier alpha value is -2.41. The standard InChI is InChI=1S/C15H16FN5O/c16-9-6-18-3-1-11(9)22-12-2-4-19-15-14(12)8-5-13(17)20-7-10(8)21-15/h2,4-5,7,9,11,18H,1,3,6H2,(H2,17,20)(H,19,21)/t9-,11-/m0/s1. The first-order valence-corrected chi connectivity index (χ1v) is 7.26. The van der Waals surface area contributed by atoms with Crippen molar-refractivity contribution in [1.82, 2.24) is 20.3 Å². The first-order chi connectivity index (χ1) is 10.7. The summed E-state index contributed by atoms with van der Waals surface area (Å²) in [5, 5.41) is 4.72. The molecular formula is C15H16FN5O. The van der Waals surface area contributed by atoms with Crippen LogP contribution in [0.4, 0.5) is 10.2 Å². The summed E-state index contributed by atoms with van der Waals surface area (Å²) in [5.74, 6) is 1.05. The second-order valence-electron chi connectivity index (χ2n) is 5.48. The minimum absolute atomic E-state index is 0.323. The van der Waals surface area contributed by atoms with E-state index in [1.807, 2.05) is 0 Å². The SMILES string of the molecule is Nc1cc2c(cn1)[nH]c1nccc(O[C@H]3CCNC[C@@H]3F)c12. The number of aromatic nitrogens is 3. The number of rotatable bonds is 2. The molecule has 0 unspecified atom stereocenters. The molecule has 1 aliphatic rings. The highest BCUT2D eigenvalue weighted by Crippen LogP contribution is 2.33. The van der Waals surface area contributed by atoms with Gasteiger partial charge in [-0.3, -0.25) is 0 Å². The van der Waals surface area contributed by atoms with E-state index in [0.29, 0.717) is 30.2 Å². The number of hydrogen-bond acceptors (Lipinski definition) is 5. The normalized spacial score (nSPS) is 22.2. The van der Waals surface area contributed by atoms with Crippen molar-refractivity contribution in [1.29, 1.82) is 0 Å². The van der Waals surface area contributed by atoms with Crippen molar-refractivity contribution in [2.75, 3.05) is 18.8 Å². The third-order valence-electron chi connectivity index (χ3n) is 3.99. The fourth-order valence-corrected chi connectivity index (χ4v) is 2.90. The van der Waals surface area contributed by atoms with Crippen molar-refractivity contribution >= 4 is 27.8 Å². The number of nitrogens with zero attached hydrogens (tertiary/aromatic N) is 2. The van der Waals surface area contributed by atoms with Gasteiger partial charge in [0.2, 0.25) is 0 Å². The van der Waals surface area contributed by atoms with Gasteiger partial charge in [0, 0.05) is 18.1 Å². The lowest BCUT2D eigenvalue weighted by molar-refractivity contribution is 0.0744. The first kappa shape index (κ1) is 13.3. The third kappa shape index (κ3) is 2.14. The average molecular weight is 301 g/mol. The Morgan fingerprint density at radius 1 is 1.36 bits per heavy atom. The molecule has 4 N–H and O–H groups in total. The number of ether oxygens (including phenoxy) is 1. The van der Waals surface area contributed by atoms with Gasteiger partial charge in [-0.05, 0) is 25.1 Å². The summed E-state index contributed by atoms with van der Waals surface area (Å²) in [7, 11) is 0. The quantitative estimate of drug-likeness (QED) is 0.671. The largest absolute Gasteiger partial charge is 0.486 e. The summed E-state index contributed by atoms with van der Waals surface area (Å²) < 4.78 is 19.9. The van der Waals surface area contributed by atoms with E-state index in [0.717, 1.165) is 22.8 Å². The fraction of sp³-hybridized carbons (Fsp3) is 0.333. The van der Waals surface area contributed by atoms with E-state index in [9.17, 15) is 4.39 Å². The minimum Gasteiger partial charge on any atom is -0.486 e. The highest BCUT2D eigenvalue weighted by molar-refractivity contribution is 6.09. The smallest absolute Gasteiger partial charge is 0.149 e. The average Bonchev–Trinajstić information content (AvgIpc) is 2.88. The molecule has 22 heavy (non-hydrogen) atoms. The maximum Gasteiger partial charge on any atom is 0.149 e. The van der Waals surface area contributed by atoms with Gasteiger partial charge in [0.25, 0.3) is 0 Å². The van der Waals surface area contributed by atoms with E-state index in [2.05, 4.69) is 20.3 Å². The van der Waals surface area contributed by atoms with Crippen LogP contribution in [-0.2, 0) is 0 Å². The molecule has 1 saturated heterocycles. The molecule has 1 aliphatic heterocycles. The summed E-state index contributed by atoms with van der Waals surface area (Å²) in [6.45, 7) is 1.08. The Morgan fingerprint density at radius 2 is 2.27 bits per heavy atom. The van der Waals surface area contributed by atoms with Crippen LogP contribution in [0.15, 0.2) is 24.5 Å². The van der Waals surface area contributed by atoms with E-state index >= 15 is 0 Å². The maximum atomic E-state index is 14.0. The lowest BCUT2D eigenvalue weighted by Crippen LogP contribution is -2.44. The summed E-state index contributed by atoms with van der Waals surface area (Å²) in [6, 6.07) is 3.54. The number of nitrogen functional groups attached to an aromatic ring is 1. The van der Waals surface area contributed by atoms with Crippen LogP contribution in [0.2, 0.25) is 0 Å². The van der Waals surface area contributed by atoms with Gasteiger partial charge in [-0.1, -0.05) is 0 Å². The van der Waals surface area contributed by atoms with E-state index in [4.69, 9.17) is 10.5 Å². The van der Waals surface area contributed by atoms with E-state index < -0.39 is 12.3 Å². The van der Waals surface area contributed by atoms with Crippen LogP contribution in [0.5, 0.6) is 5.75 Å². The van der Waals surface area contributed by atoms with Crippen molar-refractivity contribution in [3.8, 4) is 5.75 Å². The van der Waals surface area contributed by atoms with Gasteiger partial charge in [-0.15, -0.1) is 0 Å². The Morgan fingerprint density at radius 3 is 3.14 bits per heavy atom. The second kappa shape index (κ2) is 5.10. The van der Waals surface area contributed by atoms with Crippen molar-refractivity contribution in [3.63, 3.8) is 0 Å². The van der Waals surface area contributed by atoms with E-state index in [-0.39, 0.29) is 0 Å². The summed E-state index contributed by atoms with van der Waals surface area (Å²) in [6.07, 6.45) is 2.48. The molecule has 2 atom stereocenters. The van der Waals surface area contributed by atoms with Gasteiger partial charge >= 0.3 is 0 Å². The predicted octanol–water partition coefficient (Wildman–Crippen LogP) is 1.77. The van der Waals surface area contributed by atoms with Crippen LogP contribution in [0, 0.1) is 0 Å². The lowest BCUT2D eigenvalue weighted by atomic mass is 10.1. The molecule has 114 valence electrons. The summed E-state index contributed by atoms with van der Waals surface area (Å²) in [5.41, 5.74) is 7.29. The lowest BCUT2D eigenvalue weighted by Gasteiger charge is -2.27. The summed E-state index contributed by atoms with van der Waals surface area (Å²) >= 11 is 0. The van der Waals surface area contributed by atoms with Gasteiger partial charge in [0.05, 0.1) is 17.1 Å². The fourth-order valence-electron chi connectivity index (χ4n) is 2.90. The molecule has 0 amide bonds. The molecule has 4 heterocycles. The predicted molar refractivity (Wildman–Crippen MR) is 82.6 cm³/mol. The number of halogens is 1. The second-order valence-corrected chi connectivity index (χ2v) is 5.48.